The number of hydrogen-bond acceptors (Lipinski definition) is 3. The highest BCUT2D eigenvalue weighted by atomic mass is 16.6. The van der Waals surface area contributed by atoms with Crippen molar-refractivity contribution in [3.05, 3.63) is 48.0 Å². The molecule has 5 nitrogen and oxygen atoms in total. The molecule has 2 amide bonds. The fourth-order valence-electron chi connectivity index (χ4n) is 2.42. The van der Waals surface area contributed by atoms with Crippen LogP contribution in [0.15, 0.2) is 42.1 Å². The quantitative estimate of drug-likeness (QED) is 0.820. The molecule has 1 N–H and O–H groups in total. The van der Waals surface area contributed by atoms with Gasteiger partial charge in [0.05, 0.1) is 12.3 Å². The number of nitrogens with zero attached hydrogens (tertiary/aromatic N) is 2. The van der Waals surface area contributed by atoms with Gasteiger partial charge in [-0.1, -0.05) is 41.1 Å². The fourth-order valence-corrected chi connectivity index (χ4v) is 2.42. The van der Waals surface area contributed by atoms with Gasteiger partial charge in [0, 0.05) is 19.0 Å². The molecule has 1 aromatic carbocycles. The minimum absolute atomic E-state index is 0.0960. The van der Waals surface area contributed by atoms with Crippen LogP contribution in [0.1, 0.15) is 31.4 Å². The number of carbonyl (C=O) groups is 1. The Morgan fingerprint density at radius 1 is 1.48 bits per heavy atom. The molecule has 0 radical (unpaired) electrons. The Balaban J connectivity index is 1.94. The van der Waals surface area contributed by atoms with Gasteiger partial charge in [0.2, 0.25) is 0 Å². The van der Waals surface area contributed by atoms with Gasteiger partial charge in [0.1, 0.15) is 0 Å². The topological polar surface area (TPSA) is 53.9 Å². The van der Waals surface area contributed by atoms with Gasteiger partial charge < -0.3 is 15.1 Å². The third-order valence-corrected chi connectivity index (χ3v) is 3.59. The summed E-state index contributed by atoms with van der Waals surface area (Å²) >= 11 is 0. The first kappa shape index (κ1) is 17.1. The van der Waals surface area contributed by atoms with Gasteiger partial charge >= 0.3 is 6.03 Å². The number of amides is 2. The molecule has 0 aliphatic carbocycles. The van der Waals surface area contributed by atoms with Gasteiger partial charge in [-0.2, -0.15) is 0 Å². The molecule has 1 heterocycles. The highest BCUT2D eigenvalue weighted by Crippen LogP contribution is 2.18. The Morgan fingerprint density at radius 2 is 2.17 bits per heavy atom. The third-order valence-electron chi connectivity index (χ3n) is 3.59. The molecular weight excluding hydrogens is 290 g/mol. The van der Waals surface area contributed by atoms with Gasteiger partial charge in [-0.05, 0) is 26.3 Å². The Kier molecular flexibility index (Phi) is 5.79. The number of hydrogen-bond donors (Lipinski definition) is 1. The van der Waals surface area contributed by atoms with Crippen molar-refractivity contribution < 1.29 is 9.63 Å². The normalized spacial score (nSPS) is 16.7. The summed E-state index contributed by atoms with van der Waals surface area (Å²) in [5.41, 5.74) is 3.21. The van der Waals surface area contributed by atoms with Gasteiger partial charge in [-0.3, -0.25) is 0 Å². The van der Waals surface area contributed by atoms with Crippen LogP contribution >= 0.6 is 0 Å². The highest BCUT2D eigenvalue weighted by Gasteiger charge is 2.26. The molecule has 0 saturated carbocycles. The maximum Gasteiger partial charge on any atom is 0.318 e. The zero-order valence-electron chi connectivity index (χ0n) is 14.1. The number of aryl methyl sites for hydroxylation is 1. The Hall–Kier alpha value is -2.30. The maximum absolute atomic E-state index is 12.2. The molecule has 0 aromatic heterocycles. The van der Waals surface area contributed by atoms with Gasteiger partial charge in [0.25, 0.3) is 0 Å². The fraction of sp³-hybridized carbons (Fsp3) is 0.444. The van der Waals surface area contributed by atoms with E-state index in [1.165, 1.54) is 5.56 Å². The van der Waals surface area contributed by atoms with Crippen LogP contribution in [0, 0.1) is 6.92 Å². The van der Waals surface area contributed by atoms with E-state index in [1.807, 2.05) is 26.0 Å². The van der Waals surface area contributed by atoms with Crippen molar-refractivity contribution in [1.29, 1.82) is 0 Å². The lowest BCUT2D eigenvalue weighted by Crippen LogP contribution is -2.46. The van der Waals surface area contributed by atoms with Crippen molar-refractivity contribution in [2.24, 2.45) is 5.16 Å². The Morgan fingerprint density at radius 3 is 2.78 bits per heavy atom. The standard InChI is InChI=1S/C18H25N3O2/c1-5-10-21(18(22)19-13(2)3)12-16-11-17(20-23-16)15-8-6-14(4)7-9-15/h5-9,13,16H,1,10-12H2,2-4H3,(H,19,22). The molecule has 1 aliphatic rings. The SMILES string of the molecule is C=CCN(CC1CC(c2ccc(C)cc2)=NO1)C(=O)NC(C)C. The van der Waals surface area contributed by atoms with E-state index >= 15 is 0 Å². The molecule has 0 bridgehead atoms. The number of urea groups is 1. The number of benzene rings is 1. The number of rotatable bonds is 6. The third kappa shape index (κ3) is 4.84. The van der Waals surface area contributed by atoms with E-state index < -0.39 is 0 Å². The zero-order chi connectivity index (χ0) is 16.8. The highest BCUT2D eigenvalue weighted by molar-refractivity contribution is 6.01. The average Bonchev–Trinajstić information content (AvgIpc) is 2.95. The van der Waals surface area contributed by atoms with Gasteiger partial charge in [-0.15, -0.1) is 6.58 Å². The van der Waals surface area contributed by atoms with Crippen molar-refractivity contribution in [2.45, 2.75) is 39.3 Å². The molecule has 0 fully saturated rings. The smallest absolute Gasteiger partial charge is 0.318 e. The van der Waals surface area contributed by atoms with Crippen LogP contribution in [0.4, 0.5) is 4.79 Å². The van der Waals surface area contributed by atoms with Crippen molar-refractivity contribution in [3.63, 3.8) is 0 Å². The summed E-state index contributed by atoms with van der Waals surface area (Å²) in [5.74, 6) is 0. The second-order valence-corrected chi connectivity index (χ2v) is 6.13. The lowest BCUT2D eigenvalue weighted by Gasteiger charge is -2.24. The lowest BCUT2D eigenvalue weighted by molar-refractivity contribution is 0.0626. The van der Waals surface area contributed by atoms with Crippen molar-refractivity contribution in [1.82, 2.24) is 10.2 Å². The molecule has 1 aliphatic heterocycles. The molecule has 1 atom stereocenters. The molecule has 0 spiro atoms. The van der Waals surface area contributed by atoms with E-state index in [2.05, 4.69) is 36.1 Å². The second kappa shape index (κ2) is 7.81. The first-order valence-electron chi connectivity index (χ1n) is 7.95. The average molecular weight is 315 g/mol. The van der Waals surface area contributed by atoms with Crippen molar-refractivity contribution in [3.8, 4) is 0 Å². The summed E-state index contributed by atoms with van der Waals surface area (Å²) in [6, 6.07) is 8.21. The van der Waals surface area contributed by atoms with Crippen LogP contribution in [-0.4, -0.2) is 41.9 Å². The van der Waals surface area contributed by atoms with E-state index in [4.69, 9.17) is 4.84 Å². The largest absolute Gasteiger partial charge is 0.390 e. The monoisotopic (exact) mass is 315 g/mol. The van der Waals surface area contributed by atoms with Crippen LogP contribution in [-0.2, 0) is 4.84 Å². The molecule has 1 aromatic rings. The van der Waals surface area contributed by atoms with Crippen LogP contribution in [0.5, 0.6) is 0 Å². The van der Waals surface area contributed by atoms with E-state index in [-0.39, 0.29) is 18.2 Å². The maximum atomic E-state index is 12.2. The summed E-state index contributed by atoms with van der Waals surface area (Å²) in [6.45, 7) is 10.6. The van der Waals surface area contributed by atoms with E-state index in [9.17, 15) is 4.79 Å². The lowest BCUT2D eigenvalue weighted by atomic mass is 10.0. The summed E-state index contributed by atoms with van der Waals surface area (Å²) in [4.78, 5) is 19.4. The number of carbonyl (C=O) groups excluding carboxylic acids is 1. The van der Waals surface area contributed by atoms with E-state index in [0.717, 1.165) is 11.3 Å². The van der Waals surface area contributed by atoms with Gasteiger partial charge in [0.15, 0.2) is 6.10 Å². The molecular formula is C18H25N3O2. The Labute approximate surface area is 138 Å². The number of oxime groups is 1. The van der Waals surface area contributed by atoms with E-state index in [1.54, 1.807) is 11.0 Å². The van der Waals surface area contributed by atoms with E-state index in [0.29, 0.717) is 19.5 Å². The summed E-state index contributed by atoms with van der Waals surface area (Å²) < 4.78 is 0. The summed E-state index contributed by atoms with van der Waals surface area (Å²) in [5, 5.41) is 7.08. The van der Waals surface area contributed by atoms with Crippen LogP contribution in [0.3, 0.4) is 0 Å². The number of nitrogens with one attached hydrogen (secondary N) is 1. The second-order valence-electron chi connectivity index (χ2n) is 6.13. The van der Waals surface area contributed by atoms with Crippen molar-refractivity contribution in [2.75, 3.05) is 13.1 Å². The van der Waals surface area contributed by atoms with Crippen LogP contribution in [0.2, 0.25) is 0 Å². The van der Waals surface area contributed by atoms with Crippen molar-refractivity contribution >= 4 is 11.7 Å². The first-order chi connectivity index (χ1) is 11.0. The first-order valence-corrected chi connectivity index (χ1v) is 7.95. The Bertz CT molecular complexity index is 578. The van der Waals surface area contributed by atoms with Gasteiger partial charge in [-0.25, -0.2) is 4.79 Å². The summed E-state index contributed by atoms with van der Waals surface area (Å²) in [6.07, 6.45) is 2.30. The molecule has 0 saturated heterocycles. The minimum atomic E-state index is -0.121. The van der Waals surface area contributed by atoms with Crippen LogP contribution < -0.4 is 5.32 Å². The molecule has 5 heteroatoms. The predicted molar refractivity (Wildman–Crippen MR) is 92.6 cm³/mol. The zero-order valence-corrected chi connectivity index (χ0v) is 14.1. The summed E-state index contributed by atoms with van der Waals surface area (Å²) in [7, 11) is 0. The molecule has 23 heavy (non-hydrogen) atoms. The molecule has 2 rings (SSSR count). The molecule has 124 valence electrons. The molecule has 1 unspecified atom stereocenters. The predicted octanol–water partition coefficient (Wildman–Crippen LogP) is 3.09. The van der Waals surface area contributed by atoms with Crippen LogP contribution in [0.25, 0.3) is 0 Å². The minimum Gasteiger partial charge on any atom is -0.390 e.